The Morgan fingerprint density at radius 1 is 1.44 bits per heavy atom. The van der Waals surface area contributed by atoms with Gasteiger partial charge in [0.1, 0.15) is 0 Å². The molecule has 0 aliphatic heterocycles. The summed E-state index contributed by atoms with van der Waals surface area (Å²) in [5.74, 6) is -0.370. The smallest absolute Gasteiger partial charge is 0.249 e. The molecule has 0 atom stereocenters. The number of aliphatic hydroxyl groups excluding tert-OH is 1. The van der Waals surface area contributed by atoms with Crippen LogP contribution in [0.5, 0.6) is 0 Å². The van der Waals surface area contributed by atoms with Gasteiger partial charge in [0.2, 0.25) is 5.91 Å². The van der Waals surface area contributed by atoms with Gasteiger partial charge in [-0.1, -0.05) is 0 Å². The third kappa shape index (κ3) is 4.74. The number of thiophene rings is 1. The second kappa shape index (κ2) is 7.38. The fourth-order valence-electron chi connectivity index (χ4n) is 1.35. The van der Waals surface area contributed by atoms with Crippen molar-refractivity contribution < 1.29 is 9.90 Å². The molecule has 16 heavy (non-hydrogen) atoms. The van der Waals surface area contributed by atoms with E-state index in [9.17, 15) is 4.79 Å². The van der Waals surface area contributed by atoms with E-state index in [4.69, 9.17) is 10.8 Å². The lowest BCUT2D eigenvalue weighted by atomic mass is 10.2. The molecule has 4 N–H and O–H groups in total. The highest BCUT2D eigenvalue weighted by Crippen LogP contribution is 2.13. The number of unbranched alkanes of at least 4 members (excludes halogenated alkanes) is 2. The molecular formula is C11H18N2O2S. The fourth-order valence-corrected chi connectivity index (χ4v) is 2.20. The number of primary amides is 1. The largest absolute Gasteiger partial charge is 0.396 e. The van der Waals surface area contributed by atoms with Crippen molar-refractivity contribution in [1.82, 2.24) is 5.32 Å². The van der Waals surface area contributed by atoms with Crippen molar-refractivity contribution in [3.05, 3.63) is 21.9 Å². The van der Waals surface area contributed by atoms with Gasteiger partial charge in [0.05, 0.1) is 5.56 Å². The van der Waals surface area contributed by atoms with E-state index in [0.29, 0.717) is 5.56 Å². The molecule has 0 unspecified atom stereocenters. The second-order valence-electron chi connectivity index (χ2n) is 3.63. The van der Waals surface area contributed by atoms with Crippen LogP contribution in [0.15, 0.2) is 11.4 Å². The van der Waals surface area contributed by atoms with E-state index in [0.717, 1.165) is 37.2 Å². The predicted molar refractivity (Wildman–Crippen MR) is 65.5 cm³/mol. The van der Waals surface area contributed by atoms with Gasteiger partial charge in [0.15, 0.2) is 0 Å². The van der Waals surface area contributed by atoms with Crippen LogP contribution in [-0.4, -0.2) is 24.2 Å². The zero-order chi connectivity index (χ0) is 11.8. The van der Waals surface area contributed by atoms with Crippen LogP contribution in [0, 0.1) is 0 Å². The second-order valence-corrected chi connectivity index (χ2v) is 4.62. The van der Waals surface area contributed by atoms with Gasteiger partial charge >= 0.3 is 0 Å². The summed E-state index contributed by atoms with van der Waals surface area (Å²) in [6.45, 7) is 1.98. The minimum atomic E-state index is -0.370. The van der Waals surface area contributed by atoms with Crippen LogP contribution in [0.25, 0.3) is 0 Å². The molecule has 1 amide bonds. The number of amides is 1. The summed E-state index contributed by atoms with van der Waals surface area (Å²) in [7, 11) is 0. The summed E-state index contributed by atoms with van der Waals surface area (Å²) in [5, 5.41) is 13.7. The van der Waals surface area contributed by atoms with Crippen molar-refractivity contribution in [3.8, 4) is 0 Å². The van der Waals surface area contributed by atoms with Crippen LogP contribution in [0.4, 0.5) is 0 Å². The Bertz CT molecular complexity index is 326. The van der Waals surface area contributed by atoms with Gasteiger partial charge in [0.25, 0.3) is 0 Å². The molecule has 1 aromatic heterocycles. The molecule has 0 spiro atoms. The number of nitrogens with two attached hydrogens (primary N) is 1. The highest BCUT2D eigenvalue weighted by Gasteiger charge is 2.03. The molecule has 1 heterocycles. The van der Waals surface area contributed by atoms with Gasteiger partial charge in [-0.05, 0) is 31.9 Å². The number of carbonyl (C=O) groups excluding carboxylic acids is 1. The zero-order valence-corrected chi connectivity index (χ0v) is 10.1. The molecule has 90 valence electrons. The van der Waals surface area contributed by atoms with Crippen LogP contribution >= 0.6 is 11.3 Å². The summed E-state index contributed by atoms with van der Waals surface area (Å²) in [4.78, 5) is 12.0. The first kappa shape index (κ1) is 13.2. The van der Waals surface area contributed by atoms with Crippen molar-refractivity contribution >= 4 is 17.2 Å². The third-order valence-corrected chi connectivity index (χ3v) is 3.19. The molecule has 0 saturated carbocycles. The summed E-state index contributed by atoms with van der Waals surface area (Å²) in [5.41, 5.74) is 5.75. The molecule has 0 aliphatic rings. The maximum atomic E-state index is 10.8. The van der Waals surface area contributed by atoms with Gasteiger partial charge < -0.3 is 16.2 Å². The summed E-state index contributed by atoms with van der Waals surface area (Å²) in [6.07, 6.45) is 2.97. The molecule has 0 fully saturated rings. The first-order valence-corrected chi connectivity index (χ1v) is 6.31. The summed E-state index contributed by atoms with van der Waals surface area (Å²) < 4.78 is 0. The predicted octanol–water partition coefficient (Wildman–Crippen LogP) is 1.10. The van der Waals surface area contributed by atoms with Crippen molar-refractivity contribution in [2.24, 2.45) is 5.73 Å². The normalized spacial score (nSPS) is 10.6. The highest BCUT2D eigenvalue weighted by molar-refractivity contribution is 7.10. The number of aliphatic hydroxyl groups is 1. The fraction of sp³-hybridized carbons (Fsp3) is 0.545. The molecule has 0 aliphatic carbocycles. The van der Waals surface area contributed by atoms with Crippen LogP contribution < -0.4 is 11.1 Å². The minimum Gasteiger partial charge on any atom is -0.396 e. The quantitative estimate of drug-likeness (QED) is 0.597. The number of rotatable bonds is 8. The lowest BCUT2D eigenvalue weighted by Crippen LogP contribution is -2.14. The Kier molecular flexibility index (Phi) is 6.07. The van der Waals surface area contributed by atoms with Crippen LogP contribution in [0.3, 0.4) is 0 Å². The van der Waals surface area contributed by atoms with Crippen LogP contribution in [0.2, 0.25) is 0 Å². The molecule has 0 aromatic carbocycles. The maximum absolute atomic E-state index is 10.8. The lowest BCUT2D eigenvalue weighted by molar-refractivity contribution is 0.100. The molecule has 0 radical (unpaired) electrons. The lowest BCUT2D eigenvalue weighted by Gasteiger charge is -2.01. The first-order chi connectivity index (χ1) is 7.74. The standard InChI is InChI=1S/C11H18N2O2S/c12-11(15)9-6-10(16-8-9)7-13-4-2-1-3-5-14/h6,8,13-14H,1-5,7H2,(H2,12,15). The molecular weight excluding hydrogens is 224 g/mol. The Labute approximate surface area is 99.5 Å². The van der Waals surface area contributed by atoms with Gasteiger partial charge in [-0.3, -0.25) is 4.79 Å². The third-order valence-electron chi connectivity index (χ3n) is 2.25. The summed E-state index contributed by atoms with van der Waals surface area (Å²) in [6, 6.07) is 1.83. The molecule has 4 nitrogen and oxygen atoms in total. The van der Waals surface area contributed by atoms with Crippen molar-refractivity contribution in [2.45, 2.75) is 25.8 Å². The average molecular weight is 242 g/mol. The number of carbonyl (C=O) groups is 1. The SMILES string of the molecule is NC(=O)c1csc(CNCCCCCO)c1. The van der Waals surface area contributed by atoms with E-state index in [1.807, 2.05) is 6.07 Å². The van der Waals surface area contributed by atoms with E-state index in [1.54, 1.807) is 16.7 Å². The number of hydrogen-bond acceptors (Lipinski definition) is 4. The van der Waals surface area contributed by atoms with E-state index in [-0.39, 0.29) is 12.5 Å². The van der Waals surface area contributed by atoms with Crippen molar-refractivity contribution in [3.63, 3.8) is 0 Å². The van der Waals surface area contributed by atoms with E-state index in [1.165, 1.54) is 0 Å². The zero-order valence-electron chi connectivity index (χ0n) is 9.24. The van der Waals surface area contributed by atoms with Gasteiger partial charge in [-0.2, -0.15) is 0 Å². The Morgan fingerprint density at radius 2 is 2.25 bits per heavy atom. The number of hydrogen-bond donors (Lipinski definition) is 3. The monoisotopic (exact) mass is 242 g/mol. The van der Waals surface area contributed by atoms with Gasteiger partial charge in [-0.15, -0.1) is 11.3 Å². The molecule has 5 heteroatoms. The van der Waals surface area contributed by atoms with Gasteiger partial charge in [-0.25, -0.2) is 0 Å². The number of nitrogens with one attached hydrogen (secondary N) is 1. The average Bonchev–Trinajstić information content (AvgIpc) is 2.72. The maximum Gasteiger partial charge on any atom is 0.249 e. The first-order valence-electron chi connectivity index (χ1n) is 5.43. The van der Waals surface area contributed by atoms with E-state index < -0.39 is 0 Å². The molecule has 0 bridgehead atoms. The van der Waals surface area contributed by atoms with Crippen molar-refractivity contribution in [1.29, 1.82) is 0 Å². The summed E-state index contributed by atoms with van der Waals surface area (Å²) >= 11 is 1.54. The molecule has 0 saturated heterocycles. The Hall–Kier alpha value is -0.910. The van der Waals surface area contributed by atoms with Crippen LogP contribution in [0.1, 0.15) is 34.5 Å². The van der Waals surface area contributed by atoms with E-state index >= 15 is 0 Å². The molecule has 1 aromatic rings. The topological polar surface area (TPSA) is 75.4 Å². The Morgan fingerprint density at radius 3 is 2.88 bits per heavy atom. The minimum absolute atomic E-state index is 0.271. The van der Waals surface area contributed by atoms with Crippen molar-refractivity contribution in [2.75, 3.05) is 13.2 Å². The molecule has 1 rings (SSSR count). The Balaban J connectivity index is 2.14. The van der Waals surface area contributed by atoms with Gasteiger partial charge in [0, 0.05) is 23.4 Å². The van der Waals surface area contributed by atoms with Crippen LogP contribution in [-0.2, 0) is 6.54 Å². The van der Waals surface area contributed by atoms with E-state index in [2.05, 4.69) is 5.32 Å². The highest BCUT2D eigenvalue weighted by atomic mass is 32.1.